The van der Waals surface area contributed by atoms with Crippen molar-refractivity contribution in [1.82, 2.24) is 26.0 Å². The molecule has 3 atom stereocenters. The maximum absolute atomic E-state index is 3.95. The number of aromatic amines is 1. The van der Waals surface area contributed by atoms with E-state index in [9.17, 15) is 0 Å². The Kier molecular flexibility index (Phi) is 2.21. The number of rotatable bonds is 3. The van der Waals surface area contributed by atoms with Crippen LogP contribution in [0.3, 0.4) is 0 Å². The predicted molar refractivity (Wildman–Crippen MR) is 69.7 cm³/mol. The van der Waals surface area contributed by atoms with E-state index in [4.69, 9.17) is 0 Å². The number of tetrazole rings is 1. The van der Waals surface area contributed by atoms with E-state index in [1.165, 1.54) is 37.8 Å². The fourth-order valence-corrected chi connectivity index (χ4v) is 5.14. The van der Waals surface area contributed by atoms with E-state index in [-0.39, 0.29) is 0 Å². The lowest BCUT2D eigenvalue weighted by atomic mass is 9.60. The normalized spacial score (nSPS) is 37.2. The second-order valence-electron chi connectivity index (χ2n) is 5.74. The molecule has 0 radical (unpaired) electrons. The minimum absolute atomic E-state index is 0.380. The molecule has 18 heavy (non-hydrogen) atoms. The van der Waals surface area contributed by atoms with Crippen molar-refractivity contribution in [2.75, 3.05) is 5.43 Å². The fourth-order valence-electron chi connectivity index (χ4n) is 3.96. The zero-order valence-corrected chi connectivity index (χ0v) is 11.5. The van der Waals surface area contributed by atoms with E-state index in [2.05, 4.69) is 47.4 Å². The Morgan fingerprint density at radius 1 is 1.33 bits per heavy atom. The van der Waals surface area contributed by atoms with E-state index < -0.39 is 0 Å². The molecule has 7 heteroatoms. The van der Waals surface area contributed by atoms with Crippen molar-refractivity contribution in [2.24, 2.45) is 11.8 Å². The van der Waals surface area contributed by atoms with E-state index in [0.717, 1.165) is 5.92 Å². The molecule has 5 rings (SSSR count). The molecule has 0 saturated heterocycles. The molecule has 4 bridgehead atoms. The molecule has 0 spiro atoms. The summed E-state index contributed by atoms with van der Waals surface area (Å²) in [4.78, 5) is 0. The van der Waals surface area contributed by atoms with E-state index >= 15 is 0 Å². The van der Waals surface area contributed by atoms with Gasteiger partial charge in [-0.05, 0) is 48.8 Å². The standard InChI is InChI=1S/C11H15BrN6/c12-11-3-6-1-7(4-11)9(8(2-6)5-11)13-14-10-15-17-18-16-10/h6-7,13H,1-5H2,(H2,14,15,16,17,18)/t6-,7-,11-/m0/s1. The molecule has 96 valence electrons. The Balaban J connectivity index is 1.56. The number of nitrogens with one attached hydrogen (secondary N) is 3. The van der Waals surface area contributed by atoms with E-state index in [1.807, 2.05) is 0 Å². The van der Waals surface area contributed by atoms with Crippen LogP contribution in [-0.4, -0.2) is 24.9 Å². The first-order chi connectivity index (χ1) is 8.72. The minimum Gasteiger partial charge on any atom is -0.302 e. The molecule has 2 saturated carbocycles. The van der Waals surface area contributed by atoms with Gasteiger partial charge in [-0.2, -0.15) is 5.21 Å². The minimum atomic E-state index is 0.380. The third-order valence-electron chi connectivity index (χ3n) is 4.39. The number of aromatic nitrogens is 4. The highest BCUT2D eigenvalue weighted by molar-refractivity contribution is 9.10. The first kappa shape index (κ1) is 10.8. The summed E-state index contributed by atoms with van der Waals surface area (Å²) in [6, 6.07) is 0. The smallest absolute Gasteiger partial charge is 0.281 e. The van der Waals surface area contributed by atoms with Crippen molar-refractivity contribution in [3.63, 3.8) is 0 Å². The van der Waals surface area contributed by atoms with Crippen LogP contribution in [0.5, 0.6) is 0 Å². The van der Waals surface area contributed by atoms with Crippen LogP contribution in [0.4, 0.5) is 5.95 Å². The average molecular weight is 311 g/mol. The lowest BCUT2D eigenvalue weighted by Gasteiger charge is -2.52. The van der Waals surface area contributed by atoms with Crippen molar-refractivity contribution in [3.8, 4) is 0 Å². The van der Waals surface area contributed by atoms with Crippen LogP contribution in [0, 0.1) is 11.8 Å². The largest absolute Gasteiger partial charge is 0.302 e. The number of hydrazine groups is 1. The maximum atomic E-state index is 3.95. The summed E-state index contributed by atoms with van der Waals surface area (Å²) in [7, 11) is 0. The number of H-pyrrole nitrogens is 1. The third kappa shape index (κ3) is 1.64. The van der Waals surface area contributed by atoms with Crippen LogP contribution >= 0.6 is 15.9 Å². The molecule has 0 aromatic carbocycles. The van der Waals surface area contributed by atoms with Gasteiger partial charge in [-0.1, -0.05) is 21.0 Å². The molecule has 1 heterocycles. The number of alkyl halides is 1. The van der Waals surface area contributed by atoms with Gasteiger partial charge in [0.2, 0.25) is 0 Å². The van der Waals surface area contributed by atoms with Crippen LogP contribution < -0.4 is 10.9 Å². The van der Waals surface area contributed by atoms with E-state index in [0.29, 0.717) is 16.2 Å². The second-order valence-corrected chi connectivity index (χ2v) is 7.42. The Labute approximate surface area is 113 Å². The van der Waals surface area contributed by atoms with Gasteiger partial charge in [-0.25, -0.2) is 0 Å². The Morgan fingerprint density at radius 3 is 3.00 bits per heavy atom. The predicted octanol–water partition coefficient (Wildman–Crippen LogP) is 1.73. The third-order valence-corrected chi connectivity index (χ3v) is 5.32. The molecule has 2 fully saturated rings. The molecule has 1 aromatic rings. The number of hydrogen-bond acceptors (Lipinski definition) is 5. The number of hydrogen-bond donors (Lipinski definition) is 3. The fraction of sp³-hybridized carbons (Fsp3) is 0.727. The highest BCUT2D eigenvalue weighted by Crippen LogP contribution is 2.58. The summed E-state index contributed by atoms with van der Waals surface area (Å²) >= 11 is 3.95. The van der Waals surface area contributed by atoms with Crippen molar-refractivity contribution >= 4 is 21.9 Å². The molecule has 4 aliphatic rings. The van der Waals surface area contributed by atoms with Gasteiger partial charge in [-0.15, -0.1) is 5.10 Å². The summed E-state index contributed by atoms with van der Waals surface area (Å²) in [5, 5.41) is 13.7. The summed E-state index contributed by atoms with van der Waals surface area (Å²) in [5.41, 5.74) is 9.27. The lowest BCUT2D eigenvalue weighted by Crippen LogP contribution is -2.47. The Morgan fingerprint density at radius 2 is 2.28 bits per heavy atom. The zero-order chi connectivity index (χ0) is 12.2. The molecule has 1 aromatic heterocycles. The maximum Gasteiger partial charge on any atom is 0.281 e. The van der Waals surface area contributed by atoms with Gasteiger partial charge in [0.15, 0.2) is 0 Å². The van der Waals surface area contributed by atoms with Crippen LogP contribution in [-0.2, 0) is 0 Å². The quantitative estimate of drug-likeness (QED) is 0.585. The first-order valence-corrected chi connectivity index (χ1v) is 7.17. The molecule has 0 unspecified atom stereocenters. The molecule has 6 nitrogen and oxygen atoms in total. The second kappa shape index (κ2) is 3.69. The summed E-state index contributed by atoms with van der Waals surface area (Å²) in [5.74, 6) is 2.02. The van der Waals surface area contributed by atoms with Crippen molar-refractivity contribution in [2.45, 2.75) is 36.4 Å². The van der Waals surface area contributed by atoms with Crippen molar-refractivity contribution in [1.29, 1.82) is 0 Å². The van der Waals surface area contributed by atoms with Crippen LogP contribution in [0.1, 0.15) is 32.1 Å². The first-order valence-electron chi connectivity index (χ1n) is 6.38. The Hall–Kier alpha value is -1.11. The number of allylic oxidation sites excluding steroid dienone is 2. The SMILES string of the molecule is Br[C@@]12CC3=C(NNc4nn[nH]n4)[C@@H](C[C@@H](C3)C1)C2. The highest BCUT2D eigenvalue weighted by atomic mass is 79.9. The van der Waals surface area contributed by atoms with Gasteiger partial charge in [0, 0.05) is 15.9 Å². The van der Waals surface area contributed by atoms with Gasteiger partial charge in [0.1, 0.15) is 0 Å². The van der Waals surface area contributed by atoms with Gasteiger partial charge < -0.3 is 5.43 Å². The summed E-state index contributed by atoms with van der Waals surface area (Å²) in [6.45, 7) is 0. The highest BCUT2D eigenvalue weighted by Gasteiger charge is 2.49. The van der Waals surface area contributed by atoms with Gasteiger partial charge in [0.25, 0.3) is 5.95 Å². The van der Waals surface area contributed by atoms with Crippen LogP contribution in [0.15, 0.2) is 11.3 Å². The molecular formula is C11H15BrN6. The van der Waals surface area contributed by atoms with Crippen molar-refractivity contribution in [3.05, 3.63) is 11.3 Å². The van der Waals surface area contributed by atoms with E-state index in [1.54, 1.807) is 5.57 Å². The summed E-state index contributed by atoms with van der Waals surface area (Å²) in [6.07, 6.45) is 6.32. The molecule has 0 amide bonds. The molecular weight excluding hydrogens is 296 g/mol. The molecule has 3 N–H and O–H groups in total. The average Bonchev–Trinajstić information content (AvgIpc) is 2.78. The zero-order valence-electron chi connectivity index (χ0n) is 9.91. The lowest BCUT2D eigenvalue weighted by molar-refractivity contribution is 0.179. The number of halogens is 1. The Bertz CT molecular complexity index is 498. The van der Waals surface area contributed by atoms with Crippen molar-refractivity contribution < 1.29 is 0 Å². The monoisotopic (exact) mass is 310 g/mol. The van der Waals surface area contributed by atoms with Gasteiger partial charge in [-0.3, -0.25) is 5.43 Å². The number of anilines is 1. The molecule has 0 aliphatic heterocycles. The molecule has 4 aliphatic carbocycles. The van der Waals surface area contributed by atoms with Gasteiger partial charge in [0.05, 0.1) is 0 Å². The van der Waals surface area contributed by atoms with Gasteiger partial charge >= 0.3 is 0 Å². The van der Waals surface area contributed by atoms with Crippen LogP contribution in [0.25, 0.3) is 0 Å². The van der Waals surface area contributed by atoms with Crippen LogP contribution in [0.2, 0.25) is 0 Å². The number of nitrogens with zero attached hydrogens (tertiary/aromatic N) is 3. The topological polar surface area (TPSA) is 78.5 Å². The summed E-state index contributed by atoms with van der Waals surface area (Å²) < 4.78 is 0.380.